The van der Waals surface area contributed by atoms with E-state index in [0.29, 0.717) is 18.4 Å². The molecule has 0 bridgehead atoms. The van der Waals surface area contributed by atoms with Gasteiger partial charge in [-0.25, -0.2) is 17.5 Å². The minimum atomic E-state index is -3.70. The van der Waals surface area contributed by atoms with E-state index < -0.39 is 15.8 Å². The molecule has 5 nitrogen and oxygen atoms in total. The Kier molecular flexibility index (Phi) is 4.44. The summed E-state index contributed by atoms with van der Waals surface area (Å²) in [6.45, 7) is 1.56. The number of halogens is 1. The summed E-state index contributed by atoms with van der Waals surface area (Å²) < 4.78 is 47.0. The molecule has 0 saturated heterocycles. The second-order valence-electron chi connectivity index (χ2n) is 6.97. The van der Waals surface area contributed by atoms with E-state index >= 15 is 0 Å². The maximum atomic E-state index is 13.5. The van der Waals surface area contributed by atoms with E-state index in [4.69, 9.17) is 4.74 Å². The van der Waals surface area contributed by atoms with Gasteiger partial charge in [0.1, 0.15) is 11.6 Å². The smallest absolute Gasteiger partial charge is 0.240 e. The van der Waals surface area contributed by atoms with Crippen LogP contribution >= 0.6 is 0 Å². The minimum absolute atomic E-state index is 0.0905. The molecule has 0 saturated carbocycles. The van der Waals surface area contributed by atoms with Crippen molar-refractivity contribution in [2.45, 2.75) is 37.1 Å². The number of hydrogen-bond donors (Lipinski definition) is 2. The SMILES string of the molecule is COc1ccc2[nH]c3c(c2c1)CC(NS(=O)(=O)c1ccc(F)c(C)c1)CC3. The van der Waals surface area contributed by atoms with Gasteiger partial charge in [0, 0.05) is 22.6 Å². The Bertz CT molecular complexity index is 1120. The number of aryl methyl sites for hydroxylation is 2. The van der Waals surface area contributed by atoms with Crippen molar-refractivity contribution in [1.29, 1.82) is 0 Å². The predicted octanol–water partition coefficient (Wildman–Crippen LogP) is 3.46. The fraction of sp³-hybridized carbons (Fsp3) is 0.300. The molecule has 1 aliphatic carbocycles. The fourth-order valence-electron chi connectivity index (χ4n) is 3.70. The number of benzene rings is 2. The quantitative estimate of drug-likeness (QED) is 0.719. The summed E-state index contributed by atoms with van der Waals surface area (Å²) in [5.74, 6) is 0.359. The largest absolute Gasteiger partial charge is 0.497 e. The Morgan fingerprint density at radius 3 is 2.78 bits per heavy atom. The Morgan fingerprint density at radius 1 is 1.22 bits per heavy atom. The van der Waals surface area contributed by atoms with E-state index in [0.717, 1.165) is 34.3 Å². The zero-order valence-electron chi connectivity index (χ0n) is 15.2. The van der Waals surface area contributed by atoms with Crippen LogP contribution in [0.2, 0.25) is 0 Å². The van der Waals surface area contributed by atoms with Crippen molar-refractivity contribution < 1.29 is 17.5 Å². The summed E-state index contributed by atoms with van der Waals surface area (Å²) in [7, 11) is -2.08. The molecule has 0 spiro atoms. The number of hydrogen-bond acceptors (Lipinski definition) is 3. The van der Waals surface area contributed by atoms with Crippen molar-refractivity contribution in [3.63, 3.8) is 0 Å². The Morgan fingerprint density at radius 2 is 2.04 bits per heavy atom. The van der Waals surface area contributed by atoms with Crippen molar-refractivity contribution in [2.24, 2.45) is 0 Å². The van der Waals surface area contributed by atoms with E-state index in [1.54, 1.807) is 14.0 Å². The molecule has 1 heterocycles. The van der Waals surface area contributed by atoms with Crippen LogP contribution < -0.4 is 9.46 Å². The first-order chi connectivity index (χ1) is 12.9. The average Bonchev–Trinajstić information content (AvgIpc) is 3.00. The molecule has 1 unspecified atom stereocenters. The molecule has 1 aliphatic rings. The van der Waals surface area contributed by atoms with Gasteiger partial charge in [-0.15, -0.1) is 0 Å². The molecule has 3 aromatic rings. The van der Waals surface area contributed by atoms with E-state index in [-0.39, 0.29) is 10.9 Å². The van der Waals surface area contributed by atoms with Crippen molar-refractivity contribution in [3.05, 3.63) is 59.0 Å². The third-order valence-electron chi connectivity index (χ3n) is 5.16. The maximum Gasteiger partial charge on any atom is 0.240 e. The minimum Gasteiger partial charge on any atom is -0.497 e. The van der Waals surface area contributed by atoms with Crippen molar-refractivity contribution in [3.8, 4) is 5.75 Å². The van der Waals surface area contributed by atoms with Crippen LogP contribution in [-0.2, 0) is 22.9 Å². The van der Waals surface area contributed by atoms with Gasteiger partial charge in [-0.3, -0.25) is 0 Å². The zero-order valence-corrected chi connectivity index (χ0v) is 16.0. The molecule has 0 radical (unpaired) electrons. The third kappa shape index (κ3) is 3.33. The van der Waals surface area contributed by atoms with Crippen LogP contribution in [0.4, 0.5) is 4.39 Å². The summed E-state index contributed by atoms with van der Waals surface area (Å²) in [5, 5.41) is 1.06. The second kappa shape index (κ2) is 6.65. The van der Waals surface area contributed by atoms with Gasteiger partial charge >= 0.3 is 0 Å². The summed E-state index contributed by atoms with van der Waals surface area (Å²) in [5.41, 5.74) is 3.61. The van der Waals surface area contributed by atoms with Crippen LogP contribution in [0, 0.1) is 12.7 Å². The number of aromatic amines is 1. The molecule has 0 aliphatic heterocycles. The molecule has 1 atom stereocenters. The maximum absolute atomic E-state index is 13.5. The van der Waals surface area contributed by atoms with Gasteiger partial charge < -0.3 is 9.72 Å². The first kappa shape index (κ1) is 18.0. The third-order valence-corrected chi connectivity index (χ3v) is 6.67. The summed E-state index contributed by atoms with van der Waals surface area (Å²) >= 11 is 0. The van der Waals surface area contributed by atoms with Gasteiger partial charge in [-0.1, -0.05) is 0 Å². The van der Waals surface area contributed by atoms with E-state index in [2.05, 4.69) is 9.71 Å². The highest BCUT2D eigenvalue weighted by atomic mass is 32.2. The Balaban J connectivity index is 1.61. The highest BCUT2D eigenvalue weighted by Gasteiger charge is 2.27. The van der Waals surface area contributed by atoms with Crippen LogP contribution in [0.15, 0.2) is 41.3 Å². The molecular formula is C20H21FN2O3S. The number of rotatable bonds is 4. The van der Waals surface area contributed by atoms with Crippen molar-refractivity contribution in [2.75, 3.05) is 7.11 Å². The van der Waals surface area contributed by atoms with Crippen LogP contribution in [-0.4, -0.2) is 26.6 Å². The average molecular weight is 388 g/mol. The molecule has 4 rings (SSSR count). The fourth-order valence-corrected chi connectivity index (χ4v) is 5.05. The second-order valence-corrected chi connectivity index (χ2v) is 8.68. The normalized spacial score (nSPS) is 17.1. The van der Waals surface area contributed by atoms with Gasteiger partial charge in [-0.05, 0) is 73.7 Å². The van der Waals surface area contributed by atoms with Crippen molar-refractivity contribution >= 4 is 20.9 Å². The summed E-state index contributed by atoms with van der Waals surface area (Å²) in [4.78, 5) is 3.51. The molecule has 142 valence electrons. The molecule has 1 aromatic heterocycles. The number of nitrogens with one attached hydrogen (secondary N) is 2. The Labute approximate surface area is 157 Å². The first-order valence-electron chi connectivity index (χ1n) is 8.83. The molecule has 2 aromatic carbocycles. The van der Waals surface area contributed by atoms with Gasteiger partial charge in [-0.2, -0.15) is 0 Å². The first-order valence-corrected chi connectivity index (χ1v) is 10.3. The monoisotopic (exact) mass is 388 g/mol. The molecular weight excluding hydrogens is 367 g/mol. The van der Waals surface area contributed by atoms with Gasteiger partial charge in [0.15, 0.2) is 0 Å². The van der Waals surface area contributed by atoms with Crippen molar-refractivity contribution in [1.82, 2.24) is 9.71 Å². The molecule has 0 fully saturated rings. The number of aromatic nitrogens is 1. The highest BCUT2D eigenvalue weighted by molar-refractivity contribution is 7.89. The number of ether oxygens (including phenoxy) is 1. The predicted molar refractivity (Wildman–Crippen MR) is 102 cm³/mol. The lowest BCUT2D eigenvalue weighted by atomic mass is 9.92. The molecule has 0 amide bonds. The topological polar surface area (TPSA) is 71.2 Å². The van der Waals surface area contributed by atoms with Crippen LogP contribution in [0.25, 0.3) is 10.9 Å². The van der Waals surface area contributed by atoms with Gasteiger partial charge in [0.25, 0.3) is 0 Å². The highest BCUT2D eigenvalue weighted by Crippen LogP contribution is 2.32. The van der Waals surface area contributed by atoms with Crippen LogP contribution in [0.3, 0.4) is 0 Å². The molecule has 27 heavy (non-hydrogen) atoms. The summed E-state index contributed by atoms with van der Waals surface area (Å²) in [6, 6.07) is 9.50. The lowest BCUT2D eigenvalue weighted by Crippen LogP contribution is -2.38. The lowest BCUT2D eigenvalue weighted by Gasteiger charge is -2.23. The number of sulfonamides is 1. The standard InChI is InChI=1S/C20H21FN2O3S/c1-12-9-15(5-6-18(12)21)27(24,25)23-13-3-7-19-16(10-13)17-11-14(26-2)4-8-20(17)22-19/h4-6,8-9,11,13,22-23H,3,7,10H2,1-2H3. The molecule has 7 heteroatoms. The summed E-state index contributed by atoms with van der Waals surface area (Å²) in [6.07, 6.45) is 2.07. The van der Waals surface area contributed by atoms with Gasteiger partial charge in [0.05, 0.1) is 12.0 Å². The Hall–Kier alpha value is -2.38. The van der Waals surface area contributed by atoms with E-state index in [1.165, 1.54) is 18.2 Å². The number of fused-ring (bicyclic) bond motifs is 3. The molecule has 2 N–H and O–H groups in total. The zero-order chi connectivity index (χ0) is 19.2. The lowest BCUT2D eigenvalue weighted by molar-refractivity contribution is 0.415. The van der Waals surface area contributed by atoms with E-state index in [1.807, 2.05) is 18.2 Å². The van der Waals surface area contributed by atoms with E-state index in [9.17, 15) is 12.8 Å². The number of H-pyrrole nitrogens is 1. The van der Waals surface area contributed by atoms with Crippen LogP contribution in [0.1, 0.15) is 23.2 Å². The number of methoxy groups -OCH3 is 1. The van der Waals surface area contributed by atoms with Crippen LogP contribution in [0.5, 0.6) is 5.75 Å². The van der Waals surface area contributed by atoms with Gasteiger partial charge in [0.2, 0.25) is 10.0 Å².